The molecule has 1 heteroatoms. The third-order valence-electron chi connectivity index (χ3n) is 5.09. The van der Waals surface area contributed by atoms with E-state index < -0.39 is 0 Å². The van der Waals surface area contributed by atoms with E-state index in [9.17, 15) is 5.11 Å². The Balaban J connectivity index is 1.90. The molecule has 2 aromatic rings. The standard InChI is InChI=1S/C18H18O/c19-12-14-10-13-6-4-5-9-16(13)18(11-17(14)18)15-7-2-1-3-8-15/h1-9,14,17,19H,10-12H2/t14-,17+,18+/m0/s1. The first-order valence-electron chi connectivity index (χ1n) is 7.11. The predicted octanol–water partition coefficient (Wildman–Crippen LogP) is 3.16. The number of benzene rings is 2. The summed E-state index contributed by atoms with van der Waals surface area (Å²) in [5.41, 5.74) is 4.53. The lowest BCUT2D eigenvalue weighted by Gasteiger charge is -2.30. The van der Waals surface area contributed by atoms with Gasteiger partial charge in [-0.05, 0) is 41.4 Å². The van der Waals surface area contributed by atoms with Gasteiger partial charge in [0.15, 0.2) is 0 Å². The summed E-state index contributed by atoms with van der Waals surface area (Å²) in [7, 11) is 0. The van der Waals surface area contributed by atoms with E-state index in [1.807, 2.05) is 0 Å². The van der Waals surface area contributed by atoms with Crippen molar-refractivity contribution in [1.29, 1.82) is 0 Å². The van der Waals surface area contributed by atoms with Crippen molar-refractivity contribution in [3.63, 3.8) is 0 Å². The van der Waals surface area contributed by atoms with Crippen LogP contribution in [0.5, 0.6) is 0 Å². The monoisotopic (exact) mass is 250 g/mol. The molecule has 2 aliphatic rings. The summed E-state index contributed by atoms with van der Waals surface area (Å²) in [6.07, 6.45) is 2.23. The van der Waals surface area contributed by atoms with E-state index >= 15 is 0 Å². The van der Waals surface area contributed by atoms with Crippen LogP contribution in [-0.4, -0.2) is 11.7 Å². The quantitative estimate of drug-likeness (QED) is 0.868. The average molecular weight is 250 g/mol. The van der Waals surface area contributed by atoms with Crippen molar-refractivity contribution in [1.82, 2.24) is 0 Å². The van der Waals surface area contributed by atoms with Gasteiger partial charge in [0.1, 0.15) is 0 Å². The average Bonchev–Trinajstić information content (AvgIpc) is 3.24. The van der Waals surface area contributed by atoms with Crippen LogP contribution in [0, 0.1) is 11.8 Å². The molecule has 4 rings (SSSR count). The lowest BCUT2D eigenvalue weighted by Crippen LogP contribution is -2.27. The maximum absolute atomic E-state index is 9.68. The summed E-state index contributed by atoms with van der Waals surface area (Å²) >= 11 is 0. The highest BCUT2D eigenvalue weighted by molar-refractivity contribution is 5.53. The zero-order valence-corrected chi connectivity index (χ0v) is 10.9. The summed E-state index contributed by atoms with van der Waals surface area (Å²) < 4.78 is 0. The van der Waals surface area contributed by atoms with E-state index in [1.165, 1.54) is 23.1 Å². The molecule has 0 heterocycles. The van der Waals surface area contributed by atoms with Crippen LogP contribution in [0.25, 0.3) is 0 Å². The van der Waals surface area contributed by atoms with Crippen molar-refractivity contribution >= 4 is 0 Å². The van der Waals surface area contributed by atoms with Gasteiger partial charge in [0, 0.05) is 12.0 Å². The van der Waals surface area contributed by atoms with E-state index in [1.54, 1.807) is 0 Å². The Bertz CT molecular complexity index is 604. The van der Waals surface area contributed by atoms with Crippen LogP contribution in [0.2, 0.25) is 0 Å². The van der Waals surface area contributed by atoms with E-state index in [0.717, 1.165) is 6.42 Å². The summed E-state index contributed by atoms with van der Waals surface area (Å²) in [5.74, 6) is 1.05. The summed E-state index contributed by atoms with van der Waals surface area (Å²) in [5, 5.41) is 9.68. The SMILES string of the molecule is OC[C@@H]1Cc2ccccc2[C@]2(c3ccccc3)C[C@H]12. The minimum absolute atomic E-state index is 0.184. The molecule has 1 N–H and O–H groups in total. The van der Waals surface area contributed by atoms with Gasteiger partial charge in [-0.3, -0.25) is 0 Å². The van der Waals surface area contributed by atoms with Crippen LogP contribution in [0.3, 0.4) is 0 Å². The topological polar surface area (TPSA) is 20.2 Å². The molecule has 0 unspecified atom stereocenters. The Kier molecular flexibility index (Phi) is 2.33. The van der Waals surface area contributed by atoms with Crippen LogP contribution >= 0.6 is 0 Å². The van der Waals surface area contributed by atoms with Gasteiger partial charge in [0.05, 0.1) is 0 Å². The number of hydrogen-bond acceptors (Lipinski definition) is 1. The van der Waals surface area contributed by atoms with Gasteiger partial charge in [-0.25, -0.2) is 0 Å². The molecule has 0 saturated heterocycles. The first-order valence-corrected chi connectivity index (χ1v) is 7.11. The second kappa shape index (κ2) is 3.94. The lowest BCUT2D eigenvalue weighted by atomic mass is 9.74. The van der Waals surface area contributed by atoms with E-state index in [0.29, 0.717) is 18.4 Å². The molecule has 0 aliphatic heterocycles. The Hall–Kier alpha value is -1.60. The molecule has 96 valence electrons. The molecule has 19 heavy (non-hydrogen) atoms. The van der Waals surface area contributed by atoms with Crippen molar-refractivity contribution in [2.45, 2.75) is 18.3 Å². The van der Waals surface area contributed by atoms with Gasteiger partial charge in [0.25, 0.3) is 0 Å². The minimum atomic E-state index is 0.184. The van der Waals surface area contributed by atoms with Crippen LogP contribution in [0.1, 0.15) is 23.1 Å². The largest absolute Gasteiger partial charge is 0.396 e. The molecule has 0 radical (unpaired) electrons. The fourth-order valence-corrected chi connectivity index (χ4v) is 4.14. The van der Waals surface area contributed by atoms with Crippen LogP contribution in [-0.2, 0) is 11.8 Å². The van der Waals surface area contributed by atoms with E-state index in [-0.39, 0.29) is 5.41 Å². The fraction of sp³-hybridized carbons (Fsp3) is 0.333. The summed E-state index contributed by atoms with van der Waals surface area (Å²) in [6, 6.07) is 19.6. The molecule has 0 aromatic heterocycles. The van der Waals surface area contributed by atoms with E-state index in [2.05, 4.69) is 54.6 Å². The van der Waals surface area contributed by atoms with Crippen molar-refractivity contribution in [3.8, 4) is 0 Å². The van der Waals surface area contributed by atoms with Gasteiger partial charge < -0.3 is 5.11 Å². The molecular formula is C18H18O. The fourth-order valence-electron chi connectivity index (χ4n) is 4.14. The highest BCUT2D eigenvalue weighted by atomic mass is 16.3. The van der Waals surface area contributed by atoms with Crippen LogP contribution in [0.4, 0.5) is 0 Å². The van der Waals surface area contributed by atoms with Crippen molar-refractivity contribution < 1.29 is 5.11 Å². The van der Waals surface area contributed by atoms with Crippen LogP contribution < -0.4 is 0 Å². The summed E-state index contributed by atoms with van der Waals surface area (Å²) in [6.45, 7) is 0.313. The van der Waals surface area contributed by atoms with Gasteiger partial charge in [0.2, 0.25) is 0 Å². The first-order chi connectivity index (χ1) is 9.36. The molecule has 3 atom stereocenters. The molecule has 0 spiro atoms. The van der Waals surface area contributed by atoms with Gasteiger partial charge >= 0.3 is 0 Å². The third kappa shape index (κ3) is 1.45. The molecule has 2 aromatic carbocycles. The van der Waals surface area contributed by atoms with Gasteiger partial charge in [-0.15, -0.1) is 0 Å². The molecule has 1 saturated carbocycles. The third-order valence-corrected chi connectivity index (χ3v) is 5.09. The van der Waals surface area contributed by atoms with Crippen molar-refractivity contribution in [2.75, 3.05) is 6.61 Å². The van der Waals surface area contributed by atoms with Crippen molar-refractivity contribution in [2.24, 2.45) is 11.8 Å². The van der Waals surface area contributed by atoms with Gasteiger partial charge in [-0.1, -0.05) is 54.6 Å². The van der Waals surface area contributed by atoms with E-state index in [4.69, 9.17) is 0 Å². The normalized spacial score (nSPS) is 31.4. The lowest BCUT2D eigenvalue weighted by molar-refractivity contribution is 0.198. The molecule has 2 aliphatic carbocycles. The number of aliphatic hydroxyl groups excluding tert-OH is 1. The zero-order valence-electron chi connectivity index (χ0n) is 10.9. The molecule has 1 fully saturated rings. The highest BCUT2D eigenvalue weighted by Gasteiger charge is 2.61. The second-order valence-electron chi connectivity index (χ2n) is 5.95. The zero-order chi connectivity index (χ0) is 12.9. The molecule has 0 amide bonds. The Labute approximate surface area is 113 Å². The molecule has 1 nitrogen and oxygen atoms in total. The Morgan fingerprint density at radius 2 is 1.74 bits per heavy atom. The Morgan fingerprint density at radius 1 is 1.00 bits per heavy atom. The summed E-state index contributed by atoms with van der Waals surface area (Å²) in [4.78, 5) is 0. The predicted molar refractivity (Wildman–Crippen MR) is 76.1 cm³/mol. The number of fused-ring (bicyclic) bond motifs is 3. The Morgan fingerprint density at radius 3 is 2.53 bits per heavy atom. The molecule has 0 bridgehead atoms. The van der Waals surface area contributed by atoms with Crippen molar-refractivity contribution in [3.05, 3.63) is 71.3 Å². The maximum atomic E-state index is 9.68. The highest BCUT2D eigenvalue weighted by Crippen LogP contribution is 2.65. The smallest absolute Gasteiger partial charge is 0.0465 e. The maximum Gasteiger partial charge on any atom is 0.0465 e. The number of rotatable bonds is 2. The van der Waals surface area contributed by atoms with Crippen LogP contribution in [0.15, 0.2) is 54.6 Å². The number of hydrogen-bond donors (Lipinski definition) is 1. The number of aliphatic hydroxyl groups is 1. The van der Waals surface area contributed by atoms with Gasteiger partial charge in [-0.2, -0.15) is 0 Å². The second-order valence-corrected chi connectivity index (χ2v) is 5.95. The molecular weight excluding hydrogens is 232 g/mol. The first kappa shape index (κ1) is 11.2. The minimum Gasteiger partial charge on any atom is -0.396 e.